The molecule has 60 valence electrons. The standard InChI is InChI=1S/C9H18O/c1-3-5-6-7-8-9(10)4-2/h3,5,9-10H,4,6-8H2,1-2H3/b5-3+. The van der Waals surface area contributed by atoms with Gasteiger partial charge in [-0.2, -0.15) is 0 Å². The molecule has 0 radical (unpaired) electrons. The molecule has 1 heteroatoms. The summed E-state index contributed by atoms with van der Waals surface area (Å²) < 4.78 is 0. The molecule has 1 unspecified atom stereocenters. The van der Waals surface area contributed by atoms with Crippen molar-refractivity contribution >= 4 is 0 Å². The molecule has 0 aliphatic rings. The molecule has 1 nitrogen and oxygen atoms in total. The van der Waals surface area contributed by atoms with E-state index in [-0.39, 0.29) is 6.10 Å². The first-order valence-corrected chi connectivity index (χ1v) is 4.10. The molecule has 0 rings (SSSR count). The van der Waals surface area contributed by atoms with Crippen molar-refractivity contribution in [1.82, 2.24) is 0 Å². The molecule has 0 heterocycles. The maximum atomic E-state index is 9.13. The minimum atomic E-state index is -0.0785. The maximum Gasteiger partial charge on any atom is 0.0537 e. The van der Waals surface area contributed by atoms with Crippen LogP contribution >= 0.6 is 0 Å². The summed E-state index contributed by atoms with van der Waals surface area (Å²) in [5.41, 5.74) is 0. The van der Waals surface area contributed by atoms with E-state index < -0.39 is 0 Å². The number of hydrogen-bond donors (Lipinski definition) is 1. The Morgan fingerprint density at radius 1 is 1.50 bits per heavy atom. The zero-order valence-corrected chi connectivity index (χ0v) is 7.01. The highest BCUT2D eigenvalue weighted by Crippen LogP contribution is 2.03. The van der Waals surface area contributed by atoms with Gasteiger partial charge in [-0.25, -0.2) is 0 Å². The first kappa shape index (κ1) is 9.70. The second-order valence-electron chi connectivity index (χ2n) is 2.56. The van der Waals surface area contributed by atoms with Crippen molar-refractivity contribution in [3.8, 4) is 0 Å². The fourth-order valence-electron chi connectivity index (χ4n) is 0.842. The molecule has 0 aliphatic heterocycles. The van der Waals surface area contributed by atoms with Gasteiger partial charge in [-0.3, -0.25) is 0 Å². The van der Waals surface area contributed by atoms with Crippen molar-refractivity contribution in [2.24, 2.45) is 0 Å². The smallest absolute Gasteiger partial charge is 0.0537 e. The van der Waals surface area contributed by atoms with Crippen molar-refractivity contribution in [3.63, 3.8) is 0 Å². The number of aliphatic hydroxyl groups is 1. The molecule has 1 atom stereocenters. The molecule has 0 aliphatic carbocycles. The van der Waals surface area contributed by atoms with E-state index in [1.54, 1.807) is 0 Å². The van der Waals surface area contributed by atoms with E-state index in [2.05, 4.69) is 12.2 Å². The van der Waals surface area contributed by atoms with Crippen molar-refractivity contribution in [1.29, 1.82) is 0 Å². The van der Waals surface area contributed by atoms with Crippen LogP contribution in [0.5, 0.6) is 0 Å². The highest BCUT2D eigenvalue weighted by molar-refractivity contribution is 4.76. The molecule has 0 amide bonds. The lowest BCUT2D eigenvalue weighted by atomic mass is 10.1. The first-order chi connectivity index (χ1) is 4.81. The molecule has 0 saturated carbocycles. The van der Waals surface area contributed by atoms with Crippen molar-refractivity contribution < 1.29 is 5.11 Å². The minimum absolute atomic E-state index is 0.0785. The van der Waals surface area contributed by atoms with Gasteiger partial charge in [-0.15, -0.1) is 0 Å². The van der Waals surface area contributed by atoms with E-state index in [0.29, 0.717) is 0 Å². The number of hydrogen-bond acceptors (Lipinski definition) is 1. The predicted octanol–water partition coefficient (Wildman–Crippen LogP) is 2.50. The van der Waals surface area contributed by atoms with Gasteiger partial charge in [0.2, 0.25) is 0 Å². The Bertz CT molecular complexity index is 86.7. The summed E-state index contributed by atoms with van der Waals surface area (Å²) in [5, 5.41) is 9.13. The molecular formula is C9H18O. The zero-order chi connectivity index (χ0) is 7.82. The summed E-state index contributed by atoms with van der Waals surface area (Å²) in [6.07, 6.45) is 8.16. The van der Waals surface area contributed by atoms with Crippen LogP contribution < -0.4 is 0 Å². The average molecular weight is 142 g/mol. The lowest BCUT2D eigenvalue weighted by Gasteiger charge is -2.04. The minimum Gasteiger partial charge on any atom is -0.393 e. The highest BCUT2D eigenvalue weighted by atomic mass is 16.3. The van der Waals surface area contributed by atoms with Crippen LogP contribution in [0.3, 0.4) is 0 Å². The molecule has 1 N–H and O–H groups in total. The third-order valence-corrected chi connectivity index (χ3v) is 1.62. The largest absolute Gasteiger partial charge is 0.393 e. The monoisotopic (exact) mass is 142 g/mol. The number of unbranched alkanes of at least 4 members (excludes halogenated alkanes) is 1. The van der Waals surface area contributed by atoms with Gasteiger partial charge in [0.25, 0.3) is 0 Å². The van der Waals surface area contributed by atoms with Gasteiger partial charge in [0.1, 0.15) is 0 Å². The Morgan fingerprint density at radius 2 is 2.20 bits per heavy atom. The molecule has 0 spiro atoms. The van der Waals surface area contributed by atoms with Crippen LogP contribution in [0.15, 0.2) is 12.2 Å². The summed E-state index contributed by atoms with van der Waals surface area (Å²) in [7, 11) is 0. The predicted molar refractivity (Wildman–Crippen MR) is 45.0 cm³/mol. The van der Waals surface area contributed by atoms with Gasteiger partial charge in [-0.1, -0.05) is 19.1 Å². The fourth-order valence-corrected chi connectivity index (χ4v) is 0.842. The van der Waals surface area contributed by atoms with Gasteiger partial charge in [0.05, 0.1) is 6.10 Å². The van der Waals surface area contributed by atoms with E-state index in [4.69, 9.17) is 5.11 Å². The van der Waals surface area contributed by atoms with Crippen molar-refractivity contribution in [3.05, 3.63) is 12.2 Å². The third kappa shape index (κ3) is 5.83. The Hall–Kier alpha value is -0.300. The van der Waals surface area contributed by atoms with Crippen LogP contribution in [0.1, 0.15) is 39.5 Å². The molecule has 0 aromatic carbocycles. The summed E-state index contributed by atoms with van der Waals surface area (Å²) in [4.78, 5) is 0. The summed E-state index contributed by atoms with van der Waals surface area (Å²) in [6, 6.07) is 0. The Kier molecular flexibility index (Phi) is 6.61. The van der Waals surface area contributed by atoms with Crippen LogP contribution in [0.4, 0.5) is 0 Å². The van der Waals surface area contributed by atoms with Gasteiger partial charge >= 0.3 is 0 Å². The number of rotatable bonds is 5. The molecule has 0 fully saturated rings. The lowest BCUT2D eigenvalue weighted by molar-refractivity contribution is 0.158. The van der Waals surface area contributed by atoms with Gasteiger partial charge in [0, 0.05) is 0 Å². The highest BCUT2D eigenvalue weighted by Gasteiger charge is 1.97. The molecule has 0 aromatic rings. The number of allylic oxidation sites excluding steroid dienone is 2. The van der Waals surface area contributed by atoms with Gasteiger partial charge in [-0.05, 0) is 32.6 Å². The second-order valence-corrected chi connectivity index (χ2v) is 2.56. The van der Waals surface area contributed by atoms with Crippen LogP contribution in [-0.2, 0) is 0 Å². The molecular weight excluding hydrogens is 124 g/mol. The van der Waals surface area contributed by atoms with Crippen molar-refractivity contribution in [2.45, 2.75) is 45.6 Å². The van der Waals surface area contributed by atoms with Crippen LogP contribution in [-0.4, -0.2) is 11.2 Å². The van der Waals surface area contributed by atoms with E-state index in [0.717, 1.165) is 25.7 Å². The van der Waals surface area contributed by atoms with E-state index in [9.17, 15) is 0 Å². The fraction of sp³-hybridized carbons (Fsp3) is 0.778. The quantitative estimate of drug-likeness (QED) is 0.462. The van der Waals surface area contributed by atoms with Crippen LogP contribution in [0, 0.1) is 0 Å². The zero-order valence-electron chi connectivity index (χ0n) is 7.01. The van der Waals surface area contributed by atoms with E-state index >= 15 is 0 Å². The summed E-state index contributed by atoms with van der Waals surface area (Å²) in [5.74, 6) is 0. The third-order valence-electron chi connectivity index (χ3n) is 1.62. The topological polar surface area (TPSA) is 20.2 Å². The Balaban J connectivity index is 3.03. The number of aliphatic hydroxyl groups excluding tert-OH is 1. The van der Waals surface area contributed by atoms with Crippen LogP contribution in [0.2, 0.25) is 0 Å². The lowest BCUT2D eigenvalue weighted by Crippen LogP contribution is -2.02. The normalized spacial score (nSPS) is 14.3. The molecule has 0 bridgehead atoms. The van der Waals surface area contributed by atoms with E-state index in [1.807, 2.05) is 13.8 Å². The summed E-state index contributed by atoms with van der Waals surface area (Å²) in [6.45, 7) is 4.04. The second kappa shape index (κ2) is 6.81. The first-order valence-electron chi connectivity index (χ1n) is 4.10. The van der Waals surface area contributed by atoms with E-state index in [1.165, 1.54) is 0 Å². The Morgan fingerprint density at radius 3 is 2.70 bits per heavy atom. The summed E-state index contributed by atoms with van der Waals surface area (Å²) >= 11 is 0. The Labute approximate surface area is 63.8 Å². The van der Waals surface area contributed by atoms with Crippen LogP contribution in [0.25, 0.3) is 0 Å². The van der Waals surface area contributed by atoms with Gasteiger partial charge < -0.3 is 5.11 Å². The average Bonchev–Trinajstić information content (AvgIpc) is 1.98. The maximum absolute atomic E-state index is 9.13. The molecule has 10 heavy (non-hydrogen) atoms. The molecule has 0 saturated heterocycles. The SMILES string of the molecule is C/C=C/CCCC(O)CC. The van der Waals surface area contributed by atoms with Crippen molar-refractivity contribution in [2.75, 3.05) is 0 Å². The van der Waals surface area contributed by atoms with Gasteiger partial charge in [0.15, 0.2) is 0 Å². The molecule has 0 aromatic heterocycles.